The Bertz CT molecular complexity index is 315. The molecule has 4 heteroatoms. The molecule has 2 aliphatic heterocycles. The highest BCUT2D eigenvalue weighted by Gasteiger charge is 2.56. The first-order chi connectivity index (χ1) is 7.90. The molecule has 4 atom stereocenters. The first-order valence-electron chi connectivity index (χ1n) is 6.25. The summed E-state index contributed by atoms with van der Waals surface area (Å²) in [7, 11) is 0. The molecule has 0 saturated carbocycles. The summed E-state index contributed by atoms with van der Waals surface area (Å²) in [5, 5.41) is 0. The second kappa shape index (κ2) is 4.18. The lowest BCUT2D eigenvalue weighted by Gasteiger charge is -2.49. The van der Waals surface area contributed by atoms with Crippen LogP contribution in [0.4, 0.5) is 0 Å². The number of ketones is 2. The summed E-state index contributed by atoms with van der Waals surface area (Å²) < 4.78 is 11.5. The molecule has 0 radical (unpaired) electrons. The molecule has 0 aliphatic carbocycles. The van der Waals surface area contributed by atoms with Crippen molar-refractivity contribution in [1.29, 1.82) is 0 Å². The molecule has 2 fully saturated rings. The lowest BCUT2D eigenvalue weighted by molar-refractivity contribution is -0.309. The molecule has 2 rings (SSSR count). The summed E-state index contributed by atoms with van der Waals surface area (Å²) in [6, 6.07) is 0. The van der Waals surface area contributed by atoms with Gasteiger partial charge in [-0.05, 0) is 0 Å². The molecule has 4 nitrogen and oxygen atoms in total. The van der Waals surface area contributed by atoms with Crippen molar-refractivity contribution in [3.05, 3.63) is 0 Å². The van der Waals surface area contributed by atoms with Crippen molar-refractivity contribution in [3.63, 3.8) is 0 Å². The van der Waals surface area contributed by atoms with Crippen LogP contribution in [-0.4, -0.2) is 30.6 Å². The van der Waals surface area contributed by atoms with Crippen LogP contribution in [0.3, 0.4) is 0 Å². The van der Waals surface area contributed by atoms with Crippen LogP contribution in [0.25, 0.3) is 0 Å². The third kappa shape index (κ3) is 1.74. The Kier molecular flexibility index (Phi) is 3.12. The average Bonchev–Trinajstić information content (AvgIpc) is 2.32. The summed E-state index contributed by atoms with van der Waals surface area (Å²) in [6.45, 7) is 7.99. The van der Waals surface area contributed by atoms with Crippen LogP contribution in [0.2, 0.25) is 0 Å². The minimum Gasteiger partial charge on any atom is -0.348 e. The molecule has 2 saturated heterocycles. The SMILES string of the molecule is CC1COC2(OCC(C)C(=O)C2C)C(C)C1=O. The van der Waals surface area contributed by atoms with E-state index in [0.717, 1.165) is 0 Å². The Morgan fingerprint density at radius 3 is 1.59 bits per heavy atom. The maximum Gasteiger partial charge on any atom is 0.187 e. The van der Waals surface area contributed by atoms with E-state index in [4.69, 9.17) is 9.47 Å². The summed E-state index contributed by atoms with van der Waals surface area (Å²) in [6.07, 6.45) is 0. The minimum atomic E-state index is -1.02. The molecule has 1 spiro atoms. The molecule has 2 aliphatic rings. The predicted octanol–water partition coefficient (Wildman–Crippen LogP) is 1.43. The van der Waals surface area contributed by atoms with E-state index in [-0.39, 0.29) is 35.2 Å². The molecular weight excluding hydrogens is 220 g/mol. The zero-order valence-corrected chi connectivity index (χ0v) is 10.9. The monoisotopic (exact) mass is 240 g/mol. The number of carbonyl (C=O) groups is 2. The van der Waals surface area contributed by atoms with Crippen LogP contribution in [0.5, 0.6) is 0 Å². The van der Waals surface area contributed by atoms with Gasteiger partial charge in [-0.2, -0.15) is 0 Å². The number of hydrogen-bond donors (Lipinski definition) is 0. The minimum absolute atomic E-state index is 0.110. The van der Waals surface area contributed by atoms with Gasteiger partial charge in [-0.1, -0.05) is 27.7 Å². The highest BCUT2D eigenvalue weighted by atomic mass is 16.7. The summed E-state index contributed by atoms with van der Waals surface area (Å²) in [4.78, 5) is 24.1. The number of rotatable bonds is 0. The van der Waals surface area contributed by atoms with Crippen LogP contribution < -0.4 is 0 Å². The fourth-order valence-electron chi connectivity index (χ4n) is 2.84. The van der Waals surface area contributed by atoms with Crippen molar-refractivity contribution in [2.24, 2.45) is 23.7 Å². The maximum absolute atomic E-state index is 12.1. The third-order valence-electron chi connectivity index (χ3n) is 4.15. The fourth-order valence-corrected chi connectivity index (χ4v) is 2.84. The molecule has 0 aromatic carbocycles. The van der Waals surface area contributed by atoms with E-state index in [2.05, 4.69) is 0 Å². The molecule has 0 bridgehead atoms. The second-order valence-corrected chi connectivity index (χ2v) is 5.39. The number of carbonyl (C=O) groups excluding carboxylic acids is 2. The third-order valence-corrected chi connectivity index (χ3v) is 4.15. The maximum atomic E-state index is 12.1. The zero-order chi connectivity index (χ0) is 12.8. The van der Waals surface area contributed by atoms with Crippen molar-refractivity contribution in [3.8, 4) is 0 Å². The molecular formula is C13H20O4. The summed E-state index contributed by atoms with van der Waals surface area (Å²) in [5.41, 5.74) is 0. The van der Waals surface area contributed by atoms with E-state index in [1.165, 1.54) is 0 Å². The van der Waals surface area contributed by atoms with Gasteiger partial charge in [0.05, 0.1) is 25.0 Å². The van der Waals surface area contributed by atoms with Gasteiger partial charge >= 0.3 is 0 Å². The van der Waals surface area contributed by atoms with Crippen LogP contribution in [0, 0.1) is 23.7 Å². The van der Waals surface area contributed by atoms with Crippen molar-refractivity contribution >= 4 is 11.6 Å². The van der Waals surface area contributed by atoms with E-state index in [9.17, 15) is 9.59 Å². The topological polar surface area (TPSA) is 52.6 Å². The summed E-state index contributed by atoms with van der Waals surface area (Å²) >= 11 is 0. The van der Waals surface area contributed by atoms with Crippen molar-refractivity contribution in [2.45, 2.75) is 33.5 Å². The number of ether oxygens (including phenoxy) is 2. The smallest absolute Gasteiger partial charge is 0.187 e. The highest BCUT2D eigenvalue weighted by Crippen LogP contribution is 2.42. The molecule has 0 aromatic heterocycles. The molecule has 0 N–H and O–H groups in total. The van der Waals surface area contributed by atoms with Gasteiger partial charge in [0.1, 0.15) is 11.6 Å². The van der Waals surface area contributed by atoms with Crippen LogP contribution >= 0.6 is 0 Å². The van der Waals surface area contributed by atoms with Gasteiger partial charge in [-0.15, -0.1) is 0 Å². The Hall–Kier alpha value is -0.740. The lowest BCUT2D eigenvalue weighted by Crippen LogP contribution is -2.62. The van der Waals surface area contributed by atoms with E-state index >= 15 is 0 Å². The van der Waals surface area contributed by atoms with E-state index in [1.54, 1.807) is 13.8 Å². The van der Waals surface area contributed by atoms with E-state index in [1.807, 2.05) is 13.8 Å². The van der Waals surface area contributed by atoms with Crippen molar-refractivity contribution < 1.29 is 19.1 Å². The van der Waals surface area contributed by atoms with Gasteiger partial charge in [0.25, 0.3) is 0 Å². The van der Waals surface area contributed by atoms with Gasteiger partial charge in [-0.3, -0.25) is 9.59 Å². The first kappa shape index (κ1) is 12.7. The summed E-state index contributed by atoms with van der Waals surface area (Å²) in [5.74, 6) is -1.74. The standard InChI is InChI=1S/C13H20O4/c1-7-5-16-13(9(3)11(7)14)10(4)12(15)8(2)6-17-13/h7-10H,5-6H2,1-4H3. The molecule has 0 amide bonds. The van der Waals surface area contributed by atoms with Crippen LogP contribution in [0.15, 0.2) is 0 Å². The average molecular weight is 240 g/mol. The van der Waals surface area contributed by atoms with Crippen molar-refractivity contribution in [2.75, 3.05) is 13.2 Å². The Balaban J connectivity index is 2.30. The lowest BCUT2D eigenvalue weighted by atomic mass is 9.75. The van der Waals surface area contributed by atoms with Gasteiger partial charge in [0.15, 0.2) is 5.79 Å². The largest absolute Gasteiger partial charge is 0.348 e. The van der Waals surface area contributed by atoms with Crippen molar-refractivity contribution in [1.82, 2.24) is 0 Å². The second-order valence-electron chi connectivity index (χ2n) is 5.39. The number of Topliss-reactive ketones (excluding diaryl/α,β-unsaturated/α-hetero) is 2. The van der Waals surface area contributed by atoms with Crippen LogP contribution in [-0.2, 0) is 19.1 Å². The Morgan fingerprint density at radius 2 is 1.24 bits per heavy atom. The van der Waals surface area contributed by atoms with Gasteiger partial charge in [0, 0.05) is 11.8 Å². The predicted molar refractivity (Wildman–Crippen MR) is 61.3 cm³/mol. The molecule has 0 aromatic rings. The fraction of sp³-hybridized carbons (Fsp3) is 0.846. The van der Waals surface area contributed by atoms with Gasteiger partial charge < -0.3 is 9.47 Å². The normalized spacial score (nSPS) is 47.5. The molecule has 17 heavy (non-hydrogen) atoms. The first-order valence-corrected chi connectivity index (χ1v) is 6.25. The number of hydrogen-bond acceptors (Lipinski definition) is 4. The van der Waals surface area contributed by atoms with Gasteiger partial charge in [0.2, 0.25) is 0 Å². The Labute approximate surface area is 102 Å². The van der Waals surface area contributed by atoms with Gasteiger partial charge in [-0.25, -0.2) is 0 Å². The van der Waals surface area contributed by atoms with E-state index < -0.39 is 5.79 Å². The molecule has 96 valence electrons. The molecule has 4 unspecified atom stereocenters. The van der Waals surface area contributed by atoms with Crippen LogP contribution in [0.1, 0.15) is 27.7 Å². The molecule has 2 heterocycles. The Morgan fingerprint density at radius 1 is 0.882 bits per heavy atom. The quantitative estimate of drug-likeness (QED) is 0.642. The highest BCUT2D eigenvalue weighted by molar-refractivity contribution is 5.89. The van der Waals surface area contributed by atoms with E-state index in [0.29, 0.717) is 13.2 Å². The zero-order valence-electron chi connectivity index (χ0n) is 10.9.